The molecule has 3 aromatic carbocycles. The second-order valence-corrected chi connectivity index (χ2v) is 8.17. The molecule has 0 fully saturated rings. The van der Waals surface area contributed by atoms with Crippen molar-refractivity contribution in [3.63, 3.8) is 0 Å². The minimum atomic E-state index is -0.284. The second-order valence-electron chi connectivity index (χ2n) is 6.64. The largest absolute Gasteiger partial charge is 0.300 e. The van der Waals surface area contributed by atoms with Crippen LogP contribution in [0.4, 0.5) is 0 Å². The molecule has 0 N–H and O–H groups in total. The minimum absolute atomic E-state index is 0.00322. The summed E-state index contributed by atoms with van der Waals surface area (Å²) >= 11 is 7.54. The standard InChI is InChI=1S/C24H21ClO2S/c1-17(26)21(16-28-23-5-3-2-4-6-23)15-24(27)20-9-7-18(8-10-20)19-11-13-22(25)14-12-19/h2-14,21H,15-16H2,1H3. The molecule has 0 saturated heterocycles. The third-order valence-corrected chi connectivity index (χ3v) is 6.01. The third-order valence-electron chi connectivity index (χ3n) is 4.59. The summed E-state index contributed by atoms with van der Waals surface area (Å²) in [7, 11) is 0. The summed E-state index contributed by atoms with van der Waals surface area (Å²) in [6.07, 6.45) is 0.232. The molecule has 0 aromatic heterocycles. The molecule has 0 bridgehead atoms. The van der Waals surface area contributed by atoms with Gasteiger partial charge in [0.05, 0.1) is 0 Å². The van der Waals surface area contributed by atoms with Crippen molar-refractivity contribution in [3.8, 4) is 11.1 Å². The van der Waals surface area contributed by atoms with Crippen molar-refractivity contribution in [1.82, 2.24) is 0 Å². The number of carbonyl (C=O) groups is 2. The molecule has 0 aliphatic heterocycles. The molecule has 0 amide bonds. The van der Waals surface area contributed by atoms with Crippen molar-refractivity contribution < 1.29 is 9.59 Å². The number of carbonyl (C=O) groups excluding carboxylic acids is 2. The first kappa shape index (κ1) is 20.4. The Balaban J connectivity index is 1.64. The van der Waals surface area contributed by atoms with E-state index in [1.807, 2.05) is 78.9 Å². The molecule has 4 heteroatoms. The van der Waals surface area contributed by atoms with Crippen LogP contribution in [0.1, 0.15) is 23.7 Å². The van der Waals surface area contributed by atoms with Gasteiger partial charge in [-0.05, 0) is 42.3 Å². The normalized spacial score (nSPS) is 11.8. The summed E-state index contributed by atoms with van der Waals surface area (Å²) in [5.41, 5.74) is 2.70. The number of hydrogen-bond donors (Lipinski definition) is 0. The lowest BCUT2D eigenvalue weighted by atomic mass is 9.95. The summed E-state index contributed by atoms with van der Waals surface area (Å²) in [4.78, 5) is 25.8. The van der Waals surface area contributed by atoms with E-state index in [9.17, 15) is 9.59 Å². The fourth-order valence-corrected chi connectivity index (χ4v) is 4.09. The van der Waals surface area contributed by atoms with E-state index < -0.39 is 0 Å². The van der Waals surface area contributed by atoms with Gasteiger partial charge < -0.3 is 0 Å². The van der Waals surface area contributed by atoms with E-state index in [1.165, 1.54) is 0 Å². The average molecular weight is 409 g/mol. The molecule has 0 saturated carbocycles. The number of rotatable bonds is 8. The quantitative estimate of drug-likeness (QED) is 0.312. The maximum atomic E-state index is 12.7. The molecular weight excluding hydrogens is 388 g/mol. The highest BCUT2D eigenvalue weighted by Crippen LogP contribution is 2.25. The maximum Gasteiger partial charge on any atom is 0.163 e. The van der Waals surface area contributed by atoms with Crippen LogP contribution in [0.25, 0.3) is 11.1 Å². The minimum Gasteiger partial charge on any atom is -0.300 e. The molecule has 3 rings (SSSR count). The van der Waals surface area contributed by atoms with E-state index in [0.717, 1.165) is 16.0 Å². The number of halogens is 1. The Kier molecular flexibility index (Phi) is 7.07. The van der Waals surface area contributed by atoms with Crippen molar-refractivity contribution in [3.05, 3.63) is 89.4 Å². The van der Waals surface area contributed by atoms with Crippen molar-refractivity contribution in [2.24, 2.45) is 5.92 Å². The van der Waals surface area contributed by atoms with Crippen molar-refractivity contribution in [2.45, 2.75) is 18.2 Å². The number of hydrogen-bond acceptors (Lipinski definition) is 3. The third kappa shape index (κ3) is 5.57. The Morgan fingerprint density at radius 2 is 1.43 bits per heavy atom. The van der Waals surface area contributed by atoms with Crippen LogP contribution >= 0.6 is 23.4 Å². The smallest absolute Gasteiger partial charge is 0.163 e. The van der Waals surface area contributed by atoms with Gasteiger partial charge in [-0.2, -0.15) is 0 Å². The van der Waals surface area contributed by atoms with Crippen molar-refractivity contribution >= 4 is 34.9 Å². The second kappa shape index (κ2) is 9.72. The first-order valence-electron chi connectivity index (χ1n) is 9.10. The van der Waals surface area contributed by atoms with Gasteiger partial charge >= 0.3 is 0 Å². The Morgan fingerprint density at radius 3 is 2.00 bits per heavy atom. The molecular formula is C24H21ClO2S. The average Bonchev–Trinajstić information content (AvgIpc) is 2.72. The topological polar surface area (TPSA) is 34.1 Å². The van der Waals surface area contributed by atoms with Crippen LogP contribution in [0.3, 0.4) is 0 Å². The number of thioether (sulfide) groups is 1. The fraction of sp³-hybridized carbons (Fsp3) is 0.167. The van der Waals surface area contributed by atoms with E-state index in [4.69, 9.17) is 11.6 Å². The summed E-state index contributed by atoms with van der Waals surface area (Å²) < 4.78 is 0. The Labute approximate surface area is 174 Å². The monoisotopic (exact) mass is 408 g/mol. The number of benzene rings is 3. The number of Topliss-reactive ketones (excluding diaryl/α,β-unsaturated/α-hetero) is 2. The maximum absolute atomic E-state index is 12.7. The van der Waals surface area contributed by atoms with Crippen LogP contribution < -0.4 is 0 Å². The first-order chi connectivity index (χ1) is 13.5. The summed E-state index contributed by atoms with van der Waals surface area (Å²) in [6.45, 7) is 1.56. The molecule has 0 heterocycles. The van der Waals surface area contributed by atoms with Crippen LogP contribution in [0.5, 0.6) is 0 Å². The zero-order valence-electron chi connectivity index (χ0n) is 15.6. The fourth-order valence-electron chi connectivity index (χ4n) is 2.87. The van der Waals surface area contributed by atoms with E-state index in [2.05, 4.69) is 0 Å². The van der Waals surface area contributed by atoms with E-state index in [1.54, 1.807) is 18.7 Å². The highest BCUT2D eigenvalue weighted by atomic mass is 35.5. The molecule has 0 aliphatic carbocycles. The molecule has 1 atom stereocenters. The van der Waals surface area contributed by atoms with Crippen LogP contribution in [-0.2, 0) is 4.79 Å². The number of ketones is 2. The van der Waals surface area contributed by atoms with Gasteiger partial charge in [0, 0.05) is 33.6 Å². The van der Waals surface area contributed by atoms with Crippen LogP contribution in [0.2, 0.25) is 5.02 Å². The molecule has 1 unspecified atom stereocenters. The van der Waals surface area contributed by atoms with Gasteiger partial charge in [-0.1, -0.05) is 66.2 Å². The van der Waals surface area contributed by atoms with Gasteiger partial charge in [-0.15, -0.1) is 11.8 Å². The summed E-state index contributed by atoms with van der Waals surface area (Å²) in [6, 6.07) is 25.0. The predicted octanol–water partition coefficient (Wildman–Crippen LogP) is 6.58. The van der Waals surface area contributed by atoms with Gasteiger partial charge in [0.2, 0.25) is 0 Å². The van der Waals surface area contributed by atoms with Gasteiger partial charge in [-0.25, -0.2) is 0 Å². The van der Waals surface area contributed by atoms with E-state index in [-0.39, 0.29) is 23.9 Å². The van der Waals surface area contributed by atoms with Crippen LogP contribution in [0.15, 0.2) is 83.8 Å². The molecule has 28 heavy (non-hydrogen) atoms. The van der Waals surface area contributed by atoms with Crippen LogP contribution in [0, 0.1) is 5.92 Å². The Hall–Kier alpha value is -2.36. The van der Waals surface area contributed by atoms with Crippen LogP contribution in [-0.4, -0.2) is 17.3 Å². The lowest BCUT2D eigenvalue weighted by molar-refractivity contribution is -0.120. The zero-order valence-corrected chi connectivity index (χ0v) is 17.2. The summed E-state index contributed by atoms with van der Waals surface area (Å²) in [5.74, 6) is 0.369. The van der Waals surface area contributed by atoms with Gasteiger partial charge in [0.15, 0.2) is 5.78 Å². The first-order valence-corrected chi connectivity index (χ1v) is 10.5. The molecule has 2 nitrogen and oxygen atoms in total. The van der Waals surface area contributed by atoms with Gasteiger partial charge in [0.25, 0.3) is 0 Å². The SMILES string of the molecule is CC(=O)C(CSc1ccccc1)CC(=O)c1ccc(-c2ccc(Cl)cc2)cc1. The highest BCUT2D eigenvalue weighted by molar-refractivity contribution is 7.99. The molecule has 0 aliphatic rings. The van der Waals surface area contributed by atoms with E-state index >= 15 is 0 Å². The lowest BCUT2D eigenvalue weighted by Crippen LogP contribution is -2.18. The van der Waals surface area contributed by atoms with Crippen molar-refractivity contribution in [1.29, 1.82) is 0 Å². The van der Waals surface area contributed by atoms with Gasteiger partial charge in [-0.3, -0.25) is 9.59 Å². The Bertz CT molecular complexity index is 935. The van der Waals surface area contributed by atoms with Gasteiger partial charge in [0.1, 0.15) is 5.78 Å². The molecule has 0 radical (unpaired) electrons. The van der Waals surface area contributed by atoms with E-state index in [0.29, 0.717) is 16.3 Å². The highest BCUT2D eigenvalue weighted by Gasteiger charge is 2.20. The Morgan fingerprint density at radius 1 is 0.857 bits per heavy atom. The molecule has 0 spiro atoms. The zero-order chi connectivity index (χ0) is 19.9. The molecule has 142 valence electrons. The van der Waals surface area contributed by atoms with Crippen molar-refractivity contribution in [2.75, 3.05) is 5.75 Å². The summed E-state index contributed by atoms with van der Waals surface area (Å²) in [5, 5.41) is 0.694. The molecule has 3 aromatic rings. The lowest BCUT2D eigenvalue weighted by Gasteiger charge is -2.13. The predicted molar refractivity (Wildman–Crippen MR) is 117 cm³/mol.